The highest BCUT2D eigenvalue weighted by Gasteiger charge is 2.38. The van der Waals surface area contributed by atoms with Gasteiger partial charge in [-0.2, -0.15) is 0 Å². The summed E-state index contributed by atoms with van der Waals surface area (Å²) in [4.78, 5) is 11.1. The normalized spacial score (nSPS) is 29.1. The van der Waals surface area contributed by atoms with Gasteiger partial charge in [0.2, 0.25) is 0 Å². The Morgan fingerprint density at radius 3 is 2.42 bits per heavy atom. The Morgan fingerprint density at radius 2 is 1.95 bits per heavy atom. The van der Waals surface area contributed by atoms with Gasteiger partial charge in [0.1, 0.15) is 0 Å². The fraction of sp³-hybridized carbons (Fsp3) is 0.933. The number of carbonyl (C=O) groups is 1. The minimum absolute atomic E-state index is 0.310. The first-order valence-electron chi connectivity index (χ1n) is 7.46. The fourth-order valence-corrected chi connectivity index (χ4v) is 3.59. The molecule has 1 aliphatic rings. The molecule has 1 heterocycles. The summed E-state index contributed by atoms with van der Waals surface area (Å²) >= 11 is 0. The van der Waals surface area contributed by atoms with Crippen LogP contribution in [0.15, 0.2) is 0 Å². The summed E-state index contributed by atoms with van der Waals surface area (Å²) in [7, 11) is 4.49. The van der Waals surface area contributed by atoms with Crippen LogP contribution in [-0.4, -0.2) is 48.8 Å². The van der Waals surface area contributed by atoms with Crippen molar-refractivity contribution in [1.82, 2.24) is 0 Å². The summed E-state index contributed by atoms with van der Waals surface area (Å²) < 4.78 is 1.04. The first-order chi connectivity index (χ1) is 8.75. The third-order valence-corrected chi connectivity index (χ3v) is 4.49. The van der Waals surface area contributed by atoms with E-state index in [0.29, 0.717) is 24.7 Å². The van der Waals surface area contributed by atoms with E-state index in [2.05, 4.69) is 21.0 Å². The van der Waals surface area contributed by atoms with Gasteiger partial charge in [-0.25, -0.2) is 0 Å². The Morgan fingerprint density at radius 1 is 1.37 bits per heavy atom. The highest BCUT2D eigenvalue weighted by atomic mass is 16.4. The van der Waals surface area contributed by atoms with Crippen molar-refractivity contribution in [3.8, 4) is 0 Å². The van der Waals surface area contributed by atoms with Gasteiger partial charge in [0.25, 0.3) is 0 Å². The van der Waals surface area contributed by atoms with Crippen LogP contribution in [-0.2, 0) is 4.79 Å². The lowest BCUT2D eigenvalue weighted by Gasteiger charge is -2.24. The van der Waals surface area contributed by atoms with E-state index in [0.717, 1.165) is 17.4 Å². The zero-order valence-corrected chi connectivity index (χ0v) is 12.8. The fourth-order valence-electron chi connectivity index (χ4n) is 3.59. The molecule has 4 nitrogen and oxygen atoms in total. The predicted octanol–water partition coefficient (Wildman–Crippen LogP) is 0.636. The van der Waals surface area contributed by atoms with Gasteiger partial charge in [-0.1, -0.05) is 6.92 Å². The van der Waals surface area contributed by atoms with E-state index in [4.69, 9.17) is 0 Å². The second-order valence-electron chi connectivity index (χ2n) is 6.91. The van der Waals surface area contributed by atoms with Crippen LogP contribution in [0.25, 0.3) is 0 Å². The number of hydrogen-bond acceptors (Lipinski definition) is 3. The van der Waals surface area contributed by atoms with Crippen molar-refractivity contribution in [3.63, 3.8) is 0 Å². The Labute approximate surface area is 117 Å². The van der Waals surface area contributed by atoms with Crippen molar-refractivity contribution in [2.45, 2.75) is 45.6 Å². The molecule has 4 heteroatoms. The maximum Gasteiger partial charge on any atom is 0.0816 e. The molecule has 1 N–H and O–H groups in total. The number of aliphatic hydroxyl groups excluding tert-OH is 1. The highest BCUT2D eigenvalue weighted by molar-refractivity contribution is 5.67. The molecule has 0 saturated carbocycles. The number of nitrogens with zero attached hydrogens (tertiary/aromatic N) is 1. The van der Waals surface area contributed by atoms with Gasteiger partial charge in [-0.3, -0.25) is 0 Å². The quantitative estimate of drug-likeness (QED) is 0.691. The number of carbonyl (C=O) groups excluding carboxylic acids is 1. The molecule has 0 spiro atoms. The largest absolute Gasteiger partial charge is 0.550 e. The van der Waals surface area contributed by atoms with Crippen LogP contribution >= 0.6 is 0 Å². The van der Waals surface area contributed by atoms with E-state index in [1.54, 1.807) is 6.92 Å². The molecule has 1 fully saturated rings. The number of rotatable bonds is 7. The summed E-state index contributed by atoms with van der Waals surface area (Å²) in [6.07, 6.45) is 2.48. The molecule has 0 bridgehead atoms. The first-order valence-corrected chi connectivity index (χ1v) is 7.46. The SMILES string of the molecule is CCC1C[N+](C)(C)CC1CCC(CC(C)O)C(=O)[O-]. The summed E-state index contributed by atoms with van der Waals surface area (Å²) in [5.41, 5.74) is 0. The maximum atomic E-state index is 11.1. The molecule has 0 aromatic rings. The molecule has 112 valence electrons. The van der Waals surface area contributed by atoms with E-state index in [1.807, 2.05) is 0 Å². The summed E-state index contributed by atoms with van der Waals surface area (Å²) in [5.74, 6) is -0.214. The maximum absolute atomic E-state index is 11.1. The third-order valence-electron chi connectivity index (χ3n) is 4.49. The van der Waals surface area contributed by atoms with Gasteiger partial charge in [-0.15, -0.1) is 0 Å². The standard InChI is InChI=1S/C15H29NO3/c1-5-12-9-16(3,4)10-14(12)7-6-13(15(18)19)8-11(2)17/h11-14,17H,5-10H2,1-4H3. The van der Waals surface area contributed by atoms with Crippen molar-refractivity contribution < 1.29 is 19.5 Å². The number of aliphatic carboxylic acids is 1. The monoisotopic (exact) mass is 271 g/mol. The van der Waals surface area contributed by atoms with Crippen molar-refractivity contribution in [2.24, 2.45) is 17.8 Å². The number of aliphatic hydroxyl groups is 1. The average Bonchev–Trinajstić information content (AvgIpc) is 2.58. The van der Waals surface area contributed by atoms with Gasteiger partial charge >= 0.3 is 0 Å². The summed E-state index contributed by atoms with van der Waals surface area (Å²) in [5, 5.41) is 20.4. The molecule has 0 aliphatic carbocycles. The first kappa shape index (κ1) is 16.4. The zero-order chi connectivity index (χ0) is 14.6. The zero-order valence-electron chi connectivity index (χ0n) is 12.8. The van der Waals surface area contributed by atoms with Crippen LogP contribution in [0, 0.1) is 17.8 Å². The number of carboxylic acid groups (broad SMARTS) is 1. The van der Waals surface area contributed by atoms with Crippen LogP contribution in [0.5, 0.6) is 0 Å². The molecule has 0 aromatic carbocycles. The lowest BCUT2D eigenvalue weighted by atomic mass is 9.85. The molecule has 1 saturated heterocycles. The molecular formula is C15H29NO3. The molecule has 1 rings (SSSR count). The number of hydrogen-bond donors (Lipinski definition) is 1. The molecule has 0 aromatic heterocycles. The Bertz CT molecular complexity index is 302. The predicted molar refractivity (Wildman–Crippen MR) is 73.1 cm³/mol. The molecule has 4 unspecified atom stereocenters. The van der Waals surface area contributed by atoms with Crippen molar-refractivity contribution in [1.29, 1.82) is 0 Å². The Balaban J connectivity index is 2.51. The average molecular weight is 271 g/mol. The van der Waals surface area contributed by atoms with Gasteiger partial charge in [-0.05, 0) is 32.6 Å². The van der Waals surface area contributed by atoms with Crippen LogP contribution in [0.3, 0.4) is 0 Å². The van der Waals surface area contributed by atoms with Crippen molar-refractivity contribution >= 4 is 5.97 Å². The molecular weight excluding hydrogens is 242 g/mol. The Hall–Kier alpha value is -0.610. The molecule has 0 amide bonds. The van der Waals surface area contributed by atoms with E-state index < -0.39 is 18.0 Å². The lowest BCUT2D eigenvalue weighted by molar-refractivity contribution is -0.880. The molecule has 1 aliphatic heterocycles. The number of carboxylic acids is 1. The van der Waals surface area contributed by atoms with Crippen LogP contribution in [0.2, 0.25) is 0 Å². The van der Waals surface area contributed by atoms with Gasteiger partial charge in [0, 0.05) is 23.7 Å². The summed E-state index contributed by atoms with van der Waals surface area (Å²) in [6, 6.07) is 0. The number of quaternary nitrogens is 1. The smallest absolute Gasteiger partial charge is 0.0816 e. The second kappa shape index (κ2) is 6.71. The van der Waals surface area contributed by atoms with Crippen molar-refractivity contribution in [3.05, 3.63) is 0 Å². The van der Waals surface area contributed by atoms with E-state index in [9.17, 15) is 15.0 Å². The van der Waals surface area contributed by atoms with Crippen molar-refractivity contribution in [2.75, 3.05) is 27.2 Å². The van der Waals surface area contributed by atoms with E-state index in [-0.39, 0.29) is 0 Å². The minimum atomic E-state index is -1.01. The molecule has 19 heavy (non-hydrogen) atoms. The summed E-state index contributed by atoms with van der Waals surface area (Å²) in [6.45, 7) is 6.18. The van der Waals surface area contributed by atoms with Gasteiger partial charge < -0.3 is 19.5 Å². The molecule has 0 radical (unpaired) electrons. The highest BCUT2D eigenvalue weighted by Crippen LogP contribution is 2.33. The van der Waals surface area contributed by atoms with Gasteiger partial charge in [0.05, 0.1) is 33.3 Å². The second-order valence-corrected chi connectivity index (χ2v) is 6.91. The van der Waals surface area contributed by atoms with Crippen LogP contribution in [0.1, 0.15) is 39.5 Å². The lowest BCUT2D eigenvalue weighted by Crippen LogP contribution is -2.37. The van der Waals surface area contributed by atoms with E-state index in [1.165, 1.54) is 13.0 Å². The Kier molecular flexibility index (Phi) is 5.81. The van der Waals surface area contributed by atoms with Crippen LogP contribution in [0.4, 0.5) is 0 Å². The topological polar surface area (TPSA) is 60.4 Å². The van der Waals surface area contributed by atoms with Crippen LogP contribution < -0.4 is 5.11 Å². The number of likely N-dealkylation sites (tertiary alicyclic amines) is 1. The van der Waals surface area contributed by atoms with Gasteiger partial charge in [0.15, 0.2) is 0 Å². The molecule has 4 atom stereocenters. The van der Waals surface area contributed by atoms with E-state index >= 15 is 0 Å². The minimum Gasteiger partial charge on any atom is -0.550 e. The third kappa shape index (κ3) is 5.11.